The number of nitrogens with zero attached hydrogens (tertiary/aromatic N) is 4. The van der Waals surface area contributed by atoms with Crippen molar-refractivity contribution in [2.75, 3.05) is 103 Å². The SMILES string of the molecule is C(=C1/Sc2ccccc2N1CCCNCCN1CCNCC1)/c1cc[n+](CCCNCCN2CCNCC2)c2ccccc12.Cl. The molecule has 45 heavy (non-hydrogen) atoms. The van der Waals surface area contributed by atoms with E-state index in [9.17, 15) is 0 Å². The van der Waals surface area contributed by atoms with Gasteiger partial charge < -0.3 is 26.2 Å². The van der Waals surface area contributed by atoms with Crippen molar-refractivity contribution in [3.8, 4) is 0 Å². The molecule has 4 heterocycles. The maximum Gasteiger partial charge on any atom is 0.213 e. The molecule has 0 saturated carbocycles. The molecule has 6 rings (SSSR count). The van der Waals surface area contributed by atoms with E-state index in [1.807, 2.05) is 11.8 Å². The summed E-state index contributed by atoms with van der Waals surface area (Å²) in [4.78, 5) is 8.98. The standard InChI is InChI=1S/C35H51N8S.ClH/c1-2-8-32-31(7-1)30(11-22-42(32)20-5-12-36-14-23-40-25-16-38-17-26-40)29-35-43(33-9-3-4-10-34(33)44-35)21-6-13-37-15-24-41-27-18-39-19-28-41;/h1-4,7-11,22,29,36-39H,5-6,12-21,23-28H2;1H/q+1;. The second-order valence-corrected chi connectivity index (χ2v) is 13.1. The Morgan fingerprint density at radius 3 is 2.11 bits per heavy atom. The monoisotopic (exact) mass is 651 g/mol. The van der Waals surface area contributed by atoms with Gasteiger partial charge in [-0.05, 0) is 42.8 Å². The maximum atomic E-state index is 3.69. The van der Waals surface area contributed by atoms with E-state index < -0.39 is 0 Å². The predicted octanol–water partition coefficient (Wildman–Crippen LogP) is 3.23. The normalized spacial score (nSPS) is 18.4. The van der Waals surface area contributed by atoms with Crippen molar-refractivity contribution < 1.29 is 4.57 Å². The second-order valence-electron chi connectivity index (χ2n) is 12.1. The van der Waals surface area contributed by atoms with E-state index in [0.717, 1.165) is 91.4 Å². The van der Waals surface area contributed by atoms with E-state index >= 15 is 0 Å². The number of halogens is 1. The van der Waals surface area contributed by atoms with Crippen LogP contribution in [-0.2, 0) is 6.54 Å². The number of para-hydroxylation sites is 2. The van der Waals surface area contributed by atoms with Crippen molar-refractivity contribution in [2.45, 2.75) is 24.3 Å². The molecule has 1 aromatic heterocycles. The van der Waals surface area contributed by atoms with Crippen molar-refractivity contribution in [1.29, 1.82) is 0 Å². The summed E-state index contributed by atoms with van der Waals surface area (Å²) in [6.45, 7) is 17.7. The molecule has 2 aromatic carbocycles. The highest BCUT2D eigenvalue weighted by molar-refractivity contribution is 8.03. The van der Waals surface area contributed by atoms with Crippen molar-refractivity contribution in [3.05, 3.63) is 71.4 Å². The summed E-state index contributed by atoms with van der Waals surface area (Å²) in [7, 11) is 0. The van der Waals surface area contributed by atoms with Gasteiger partial charge in [-0.2, -0.15) is 4.57 Å². The van der Waals surface area contributed by atoms with Crippen LogP contribution in [0.1, 0.15) is 18.4 Å². The van der Waals surface area contributed by atoms with Crippen LogP contribution in [0.4, 0.5) is 5.69 Å². The Kier molecular flexibility index (Phi) is 13.8. The Morgan fingerprint density at radius 2 is 1.38 bits per heavy atom. The Bertz CT molecular complexity index is 1360. The Morgan fingerprint density at radius 1 is 0.733 bits per heavy atom. The molecule has 2 saturated heterocycles. The molecule has 3 aliphatic heterocycles. The van der Waals surface area contributed by atoms with Gasteiger partial charge in [0, 0.05) is 115 Å². The van der Waals surface area contributed by atoms with E-state index in [1.54, 1.807) is 0 Å². The number of thioether (sulfide) groups is 1. The molecular weight excluding hydrogens is 600 g/mol. The highest BCUT2D eigenvalue weighted by atomic mass is 35.5. The Balaban J connectivity index is 0.00000400. The van der Waals surface area contributed by atoms with Crippen LogP contribution in [0.15, 0.2) is 70.7 Å². The zero-order chi connectivity index (χ0) is 29.8. The maximum absolute atomic E-state index is 3.69. The van der Waals surface area contributed by atoms with Crippen LogP contribution in [0, 0.1) is 0 Å². The van der Waals surface area contributed by atoms with Gasteiger partial charge in [-0.1, -0.05) is 36.0 Å². The topological polar surface area (TPSA) is 61.7 Å². The van der Waals surface area contributed by atoms with Gasteiger partial charge in [0.1, 0.15) is 6.54 Å². The van der Waals surface area contributed by atoms with Gasteiger partial charge >= 0.3 is 0 Å². The highest BCUT2D eigenvalue weighted by Crippen LogP contribution is 2.46. The molecule has 244 valence electrons. The molecule has 8 nitrogen and oxygen atoms in total. The third-order valence-electron chi connectivity index (χ3n) is 8.99. The number of benzene rings is 2. The molecule has 2 fully saturated rings. The highest BCUT2D eigenvalue weighted by Gasteiger charge is 2.25. The average molecular weight is 652 g/mol. The minimum atomic E-state index is 0. The predicted molar refractivity (Wildman–Crippen MR) is 193 cm³/mol. The summed E-state index contributed by atoms with van der Waals surface area (Å²) in [6, 6.07) is 20.1. The number of aryl methyl sites for hydroxylation is 1. The number of aromatic nitrogens is 1. The lowest BCUT2D eigenvalue weighted by Gasteiger charge is -2.27. The van der Waals surface area contributed by atoms with Crippen molar-refractivity contribution in [2.24, 2.45) is 0 Å². The number of nitrogens with one attached hydrogen (secondary N) is 4. The van der Waals surface area contributed by atoms with Gasteiger partial charge in [0.05, 0.1) is 16.1 Å². The van der Waals surface area contributed by atoms with Gasteiger partial charge in [0.15, 0.2) is 6.20 Å². The molecule has 0 unspecified atom stereocenters. The number of fused-ring (bicyclic) bond motifs is 2. The summed E-state index contributed by atoms with van der Waals surface area (Å²) >= 11 is 1.90. The molecule has 0 amide bonds. The van der Waals surface area contributed by atoms with Crippen LogP contribution in [-0.4, -0.2) is 108 Å². The van der Waals surface area contributed by atoms with Gasteiger partial charge in [-0.25, -0.2) is 0 Å². The van der Waals surface area contributed by atoms with Crippen LogP contribution in [0.3, 0.4) is 0 Å². The number of piperazine rings is 2. The lowest BCUT2D eigenvalue weighted by atomic mass is 10.1. The molecule has 3 aromatic rings. The average Bonchev–Trinajstić information content (AvgIpc) is 3.42. The van der Waals surface area contributed by atoms with Crippen molar-refractivity contribution in [3.63, 3.8) is 0 Å². The van der Waals surface area contributed by atoms with Crippen LogP contribution >= 0.6 is 24.2 Å². The second kappa shape index (κ2) is 18.2. The summed E-state index contributed by atoms with van der Waals surface area (Å²) in [5.74, 6) is 0. The van der Waals surface area contributed by atoms with E-state index in [4.69, 9.17) is 0 Å². The van der Waals surface area contributed by atoms with Crippen molar-refractivity contribution in [1.82, 2.24) is 31.1 Å². The first-order valence-electron chi connectivity index (χ1n) is 16.8. The van der Waals surface area contributed by atoms with Crippen molar-refractivity contribution >= 4 is 46.8 Å². The third kappa shape index (κ3) is 9.65. The minimum Gasteiger partial charge on any atom is -0.335 e. The minimum absolute atomic E-state index is 0. The fraction of sp³-hybridized carbons (Fsp3) is 0.514. The molecule has 0 bridgehead atoms. The van der Waals surface area contributed by atoms with Crippen LogP contribution in [0.5, 0.6) is 0 Å². The molecule has 3 aliphatic rings. The number of rotatable bonds is 15. The zero-order valence-corrected chi connectivity index (χ0v) is 28.3. The number of pyridine rings is 1. The zero-order valence-electron chi connectivity index (χ0n) is 26.7. The molecule has 0 aliphatic carbocycles. The van der Waals surface area contributed by atoms with Crippen LogP contribution in [0.25, 0.3) is 17.0 Å². The first-order chi connectivity index (χ1) is 21.8. The van der Waals surface area contributed by atoms with Gasteiger partial charge in [0.2, 0.25) is 5.52 Å². The first kappa shape index (κ1) is 34.1. The number of hydrogen-bond acceptors (Lipinski definition) is 8. The first-order valence-corrected chi connectivity index (χ1v) is 17.6. The van der Waals surface area contributed by atoms with Crippen LogP contribution in [0.2, 0.25) is 0 Å². The summed E-state index contributed by atoms with van der Waals surface area (Å²) < 4.78 is 2.43. The molecular formula is C35H52ClN8S+. The fourth-order valence-electron chi connectivity index (χ4n) is 6.48. The molecule has 0 atom stereocenters. The van der Waals surface area contributed by atoms with E-state index in [2.05, 4.69) is 107 Å². The summed E-state index contributed by atoms with van der Waals surface area (Å²) in [5.41, 5.74) is 3.94. The Labute approximate surface area is 280 Å². The lowest BCUT2D eigenvalue weighted by molar-refractivity contribution is -0.671. The van der Waals surface area contributed by atoms with Crippen LogP contribution < -0.4 is 30.7 Å². The third-order valence-corrected chi connectivity index (χ3v) is 10.1. The number of anilines is 1. The fourth-order valence-corrected chi connectivity index (χ4v) is 7.62. The molecule has 0 spiro atoms. The van der Waals surface area contributed by atoms with E-state index in [1.165, 1.54) is 58.3 Å². The quantitative estimate of drug-likeness (QED) is 0.148. The smallest absolute Gasteiger partial charge is 0.213 e. The summed E-state index contributed by atoms with van der Waals surface area (Å²) in [5, 5.41) is 16.9. The lowest BCUT2D eigenvalue weighted by Crippen LogP contribution is -2.46. The summed E-state index contributed by atoms with van der Waals surface area (Å²) in [6.07, 6.45) is 6.94. The van der Waals surface area contributed by atoms with Gasteiger partial charge in [-0.15, -0.1) is 12.4 Å². The van der Waals surface area contributed by atoms with Gasteiger partial charge in [0.25, 0.3) is 0 Å². The number of hydrogen-bond donors (Lipinski definition) is 4. The van der Waals surface area contributed by atoms with E-state index in [-0.39, 0.29) is 12.4 Å². The Hall–Kier alpha value is -2.21. The molecule has 0 radical (unpaired) electrons. The van der Waals surface area contributed by atoms with E-state index in [0.29, 0.717) is 0 Å². The largest absolute Gasteiger partial charge is 0.335 e. The molecule has 4 N–H and O–H groups in total. The molecule has 10 heteroatoms. The van der Waals surface area contributed by atoms with Gasteiger partial charge in [-0.3, -0.25) is 9.80 Å².